The molecule has 3 atom stereocenters. The van der Waals surface area contributed by atoms with Gasteiger partial charge >= 0.3 is 0 Å². The summed E-state index contributed by atoms with van der Waals surface area (Å²) in [5.41, 5.74) is 3.15. The standard InChI is InChI=1S/C21H24FNO/c1-14-6-12-18(13-7-14)23-20(16-8-10-17(22)11-9-16)19-5-3-4-15(2)21(19)24/h6-13,15,19-20,23H,3-5H2,1-2H3/t15-,19-,20+/m0/s1. The van der Waals surface area contributed by atoms with Gasteiger partial charge in [-0.1, -0.05) is 43.2 Å². The Balaban J connectivity index is 1.92. The Bertz CT molecular complexity index is 693. The predicted octanol–water partition coefficient (Wildman–Crippen LogP) is 5.29. The highest BCUT2D eigenvalue weighted by molar-refractivity contribution is 5.85. The smallest absolute Gasteiger partial charge is 0.141 e. The van der Waals surface area contributed by atoms with E-state index >= 15 is 0 Å². The summed E-state index contributed by atoms with van der Waals surface area (Å²) >= 11 is 0. The quantitative estimate of drug-likeness (QED) is 0.827. The fourth-order valence-corrected chi connectivity index (χ4v) is 3.54. The van der Waals surface area contributed by atoms with Crippen molar-refractivity contribution in [3.8, 4) is 0 Å². The lowest BCUT2D eigenvalue weighted by molar-refractivity contribution is -0.129. The first-order valence-corrected chi connectivity index (χ1v) is 8.67. The summed E-state index contributed by atoms with van der Waals surface area (Å²) < 4.78 is 13.3. The normalized spacial score (nSPS) is 22.2. The number of aryl methyl sites for hydroxylation is 1. The van der Waals surface area contributed by atoms with Gasteiger partial charge in [0.1, 0.15) is 11.6 Å². The Kier molecular flexibility index (Phi) is 4.98. The Hall–Kier alpha value is -2.16. The van der Waals surface area contributed by atoms with Gasteiger partial charge in [0, 0.05) is 17.5 Å². The zero-order chi connectivity index (χ0) is 17.1. The molecule has 0 bridgehead atoms. The number of halogens is 1. The minimum absolute atomic E-state index is 0.0690. The summed E-state index contributed by atoms with van der Waals surface area (Å²) in [5.74, 6) is 0.0957. The van der Waals surface area contributed by atoms with E-state index in [4.69, 9.17) is 0 Å². The van der Waals surface area contributed by atoms with Gasteiger partial charge in [0.05, 0.1) is 6.04 Å². The third-order valence-corrected chi connectivity index (χ3v) is 5.01. The second-order valence-electron chi connectivity index (χ2n) is 6.88. The van der Waals surface area contributed by atoms with Crippen molar-refractivity contribution in [1.82, 2.24) is 0 Å². The summed E-state index contributed by atoms with van der Waals surface area (Å²) in [4.78, 5) is 12.7. The lowest BCUT2D eigenvalue weighted by atomic mass is 9.75. The monoisotopic (exact) mass is 325 g/mol. The van der Waals surface area contributed by atoms with E-state index in [2.05, 4.69) is 17.4 Å². The Morgan fingerprint density at radius 2 is 1.71 bits per heavy atom. The molecule has 2 aromatic rings. The maximum atomic E-state index is 13.3. The summed E-state index contributed by atoms with van der Waals surface area (Å²) in [6.45, 7) is 4.07. The van der Waals surface area contributed by atoms with Gasteiger partial charge in [-0.2, -0.15) is 0 Å². The molecule has 2 aromatic carbocycles. The lowest BCUT2D eigenvalue weighted by Crippen LogP contribution is -2.34. The van der Waals surface area contributed by atoms with Gasteiger partial charge in [-0.15, -0.1) is 0 Å². The van der Waals surface area contributed by atoms with Crippen LogP contribution in [0.1, 0.15) is 43.4 Å². The van der Waals surface area contributed by atoms with Crippen molar-refractivity contribution < 1.29 is 9.18 Å². The van der Waals surface area contributed by atoms with Gasteiger partial charge in [0.15, 0.2) is 0 Å². The second kappa shape index (κ2) is 7.16. The van der Waals surface area contributed by atoms with Crippen LogP contribution in [0.25, 0.3) is 0 Å². The van der Waals surface area contributed by atoms with Crippen LogP contribution in [0.2, 0.25) is 0 Å². The molecule has 0 saturated heterocycles. The van der Waals surface area contributed by atoms with Crippen molar-refractivity contribution in [1.29, 1.82) is 0 Å². The molecule has 0 spiro atoms. The molecule has 24 heavy (non-hydrogen) atoms. The Morgan fingerprint density at radius 1 is 1.04 bits per heavy atom. The number of hydrogen-bond acceptors (Lipinski definition) is 2. The van der Waals surface area contributed by atoms with Crippen molar-refractivity contribution in [2.24, 2.45) is 11.8 Å². The molecule has 0 heterocycles. The fourth-order valence-electron chi connectivity index (χ4n) is 3.54. The Morgan fingerprint density at radius 3 is 2.38 bits per heavy atom. The number of carbonyl (C=O) groups is 1. The van der Waals surface area contributed by atoms with Gasteiger partial charge in [0.2, 0.25) is 0 Å². The van der Waals surface area contributed by atoms with E-state index in [1.807, 2.05) is 26.0 Å². The topological polar surface area (TPSA) is 29.1 Å². The highest BCUT2D eigenvalue weighted by Crippen LogP contribution is 2.37. The zero-order valence-electron chi connectivity index (χ0n) is 14.3. The lowest BCUT2D eigenvalue weighted by Gasteiger charge is -2.33. The van der Waals surface area contributed by atoms with E-state index in [9.17, 15) is 9.18 Å². The second-order valence-corrected chi connectivity index (χ2v) is 6.88. The van der Waals surface area contributed by atoms with Crippen LogP contribution >= 0.6 is 0 Å². The molecular weight excluding hydrogens is 301 g/mol. The van der Waals surface area contributed by atoms with Crippen molar-refractivity contribution in [3.63, 3.8) is 0 Å². The Labute approximate surface area is 143 Å². The van der Waals surface area contributed by atoms with Gasteiger partial charge in [-0.05, 0) is 49.6 Å². The molecule has 0 radical (unpaired) electrons. The minimum atomic E-state index is -0.254. The number of ketones is 1. The predicted molar refractivity (Wildman–Crippen MR) is 95.5 cm³/mol. The van der Waals surface area contributed by atoms with Gasteiger partial charge in [0.25, 0.3) is 0 Å². The number of rotatable bonds is 4. The molecule has 0 aromatic heterocycles. The van der Waals surface area contributed by atoms with E-state index in [1.165, 1.54) is 17.7 Å². The molecule has 0 amide bonds. The van der Waals surface area contributed by atoms with Crippen molar-refractivity contribution >= 4 is 11.5 Å². The highest BCUT2D eigenvalue weighted by Gasteiger charge is 2.35. The van der Waals surface area contributed by atoms with Crippen molar-refractivity contribution in [2.75, 3.05) is 5.32 Å². The third-order valence-electron chi connectivity index (χ3n) is 5.01. The van der Waals surface area contributed by atoms with Crippen molar-refractivity contribution in [2.45, 2.75) is 39.2 Å². The van der Waals surface area contributed by atoms with Crippen LogP contribution < -0.4 is 5.32 Å². The molecule has 1 aliphatic rings. The molecule has 0 unspecified atom stereocenters. The third kappa shape index (κ3) is 3.66. The first-order valence-electron chi connectivity index (χ1n) is 8.67. The van der Waals surface area contributed by atoms with Crippen LogP contribution in [-0.4, -0.2) is 5.78 Å². The maximum Gasteiger partial charge on any atom is 0.141 e. The fraction of sp³-hybridized carbons (Fsp3) is 0.381. The van der Waals surface area contributed by atoms with Gasteiger partial charge < -0.3 is 5.32 Å². The molecule has 126 valence electrons. The van der Waals surface area contributed by atoms with Gasteiger partial charge in [-0.25, -0.2) is 4.39 Å². The number of hydrogen-bond donors (Lipinski definition) is 1. The van der Waals surface area contributed by atoms with Gasteiger partial charge in [-0.3, -0.25) is 4.79 Å². The average molecular weight is 325 g/mol. The van der Waals surface area contributed by atoms with Crippen LogP contribution in [0.15, 0.2) is 48.5 Å². The van der Waals surface area contributed by atoms with Crippen molar-refractivity contribution in [3.05, 3.63) is 65.5 Å². The number of Topliss-reactive ketones (excluding diaryl/α,β-unsaturated/α-hetero) is 1. The largest absolute Gasteiger partial charge is 0.378 e. The first kappa shape index (κ1) is 16.7. The molecule has 1 N–H and O–H groups in total. The van der Waals surface area contributed by atoms with E-state index in [0.717, 1.165) is 30.5 Å². The molecule has 3 rings (SSSR count). The van der Waals surface area contributed by atoms with Crippen LogP contribution in [0, 0.1) is 24.6 Å². The summed E-state index contributed by atoms with van der Waals surface area (Å²) in [5, 5.41) is 3.52. The average Bonchev–Trinajstić information content (AvgIpc) is 2.58. The molecule has 1 aliphatic carbocycles. The maximum absolute atomic E-state index is 13.3. The van der Waals surface area contributed by atoms with Crippen LogP contribution in [0.5, 0.6) is 0 Å². The number of nitrogens with one attached hydrogen (secondary N) is 1. The summed E-state index contributed by atoms with van der Waals surface area (Å²) in [6.07, 6.45) is 2.91. The van der Waals surface area contributed by atoms with E-state index in [1.54, 1.807) is 12.1 Å². The highest BCUT2D eigenvalue weighted by atomic mass is 19.1. The number of anilines is 1. The van der Waals surface area contributed by atoms with Crippen LogP contribution in [-0.2, 0) is 4.79 Å². The molecule has 3 heteroatoms. The molecule has 2 nitrogen and oxygen atoms in total. The number of carbonyl (C=O) groups excluding carboxylic acids is 1. The van der Waals surface area contributed by atoms with E-state index in [0.29, 0.717) is 5.78 Å². The minimum Gasteiger partial charge on any atom is -0.378 e. The van der Waals surface area contributed by atoms with Crippen LogP contribution in [0.4, 0.5) is 10.1 Å². The van der Waals surface area contributed by atoms with E-state index in [-0.39, 0.29) is 23.7 Å². The SMILES string of the molecule is Cc1ccc(N[C@H](c2ccc(F)cc2)[C@@H]2CCC[C@H](C)C2=O)cc1. The molecular formula is C21H24FNO. The summed E-state index contributed by atoms with van der Waals surface area (Å²) in [7, 11) is 0. The summed E-state index contributed by atoms with van der Waals surface area (Å²) in [6, 6.07) is 14.5. The first-order chi connectivity index (χ1) is 11.5. The zero-order valence-corrected chi connectivity index (χ0v) is 14.3. The molecule has 1 saturated carbocycles. The van der Waals surface area contributed by atoms with E-state index < -0.39 is 0 Å². The molecule has 0 aliphatic heterocycles. The molecule has 1 fully saturated rings. The number of benzene rings is 2. The van der Waals surface area contributed by atoms with Crippen LogP contribution in [0.3, 0.4) is 0 Å².